The van der Waals surface area contributed by atoms with Crippen LogP contribution in [-0.2, 0) is 0 Å². The van der Waals surface area contributed by atoms with Gasteiger partial charge < -0.3 is 0 Å². The van der Waals surface area contributed by atoms with Crippen LogP contribution in [0.5, 0.6) is 0 Å². The lowest BCUT2D eigenvalue weighted by molar-refractivity contribution is 1.01. The van der Waals surface area contributed by atoms with Crippen molar-refractivity contribution < 1.29 is 0 Å². The van der Waals surface area contributed by atoms with E-state index >= 15 is 0 Å². The average molecular weight is 158 g/mol. The molecule has 1 atom stereocenters. The lowest BCUT2D eigenvalue weighted by Crippen LogP contribution is -2.03. The molecule has 0 N–H and O–H groups in total. The first-order valence-electron chi connectivity index (χ1n) is 3.84. The Morgan fingerprint density at radius 3 is 2.67 bits per heavy atom. The van der Waals surface area contributed by atoms with Gasteiger partial charge in [-0.15, -0.1) is 0 Å². The van der Waals surface area contributed by atoms with Crippen molar-refractivity contribution in [2.45, 2.75) is 25.8 Å². The van der Waals surface area contributed by atoms with Crippen LogP contribution in [0, 0.1) is 17.9 Å². The molecule has 0 aliphatic heterocycles. The van der Waals surface area contributed by atoms with Crippen LogP contribution in [0.2, 0.25) is 0 Å². The monoisotopic (exact) mass is 158 g/mol. The summed E-state index contributed by atoms with van der Waals surface area (Å²) in [6, 6.07) is 1.36. The normalized spacial score (nSPS) is 18.8. The van der Waals surface area contributed by atoms with Crippen LogP contribution in [0.25, 0.3) is 4.85 Å². The zero-order valence-electron chi connectivity index (χ0n) is 7.09. The first kappa shape index (κ1) is 8.56. The van der Waals surface area contributed by atoms with Gasteiger partial charge in [-0.3, -0.25) is 4.85 Å². The van der Waals surface area contributed by atoms with Crippen molar-refractivity contribution in [2.24, 2.45) is 0 Å². The van der Waals surface area contributed by atoms with Gasteiger partial charge in [-0.05, 0) is 25.3 Å². The van der Waals surface area contributed by atoms with Crippen LogP contribution in [0.15, 0.2) is 23.3 Å². The van der Waals surface area contributed by atoms with E-state index in [0.717, 1.165) is 29.6 Å². The minimum atomic E-state index is -0.625. The Hall–Kier alpha value is -1.54. The highest BCUT2D eigenvalue weighted by molar-refractivity contribution is 5.47. The SMILES string of the molecule is [C-]#[N+]C(C#N)C1=C(C)CCC1=C. The average Bonchev–Trinajstić information content (AvgIpc) is 2.38. The molecule has 0 aromatic heterocycles. The minimum absolute atomic E-state index is 0.625. The summed E-state index contributed by atoms with van der Waals surface area (Å²) in [6.07, 6.45) is 1.87. The van der Waals surface area contributed by atoms with Crippen LogP contribution in [-0.4, -0.2) is 6.04 Å². The van der Waals surface area contributed by atoms with E-state index in [0.29, 0.717) is 0 Å². The van der Waals surface area contributed by atoms with Crippen LogP contribution in [0.1, 0.15) is 19.8 Å². The summed E-state index contributed by atoms with van der Waals surface area (Å²) in [5.41, 5.74) is 3.00. The summed E-state index contributed by atoms with van der Waals surface area (Å²) in [6.45, 7) is 12.7. The lowest BCUT2D eigenvalue weighted by atomic mass is 10.0. The molecular formula is C10H10N2. The van der Waals surface area contributed by atoms with Crippen LogP contribution in [0.4, 0.5) is 0 Å². The van der Waals surface area contributed by atoms with Crippen molar-refractivity contribution in [3.63, 3.8) is 0 Å². The molecule has 0 aromatic rings. The molecule has 60 valence electrons. The smallest absolute Gasteiger partial charge is 0.292 e. The zero-order valence-corrected chi connectivity index (χ0v) is 7.09. The Balaban J connectivity index is 3.03. The molecule has 2 nitrogen and oxygen atoms in total. The largest absolute Gasteiger partial charge is 0.332 e. The third kappa shape index (κ3) is 1.24. The number of nitrogens with zero attached hydrogens (tertiary/aromatic N) is 2. The van der Waals surface area contributed by atoms with E-state index in [1.165, 1.54) is 0 Å². The first-order valence-corrected chi connectivity index (χ1v) is 3.84. The summed E-state index contributed by atoms with van der Waals surface area (Å²) in [7, 11) is 0. The molecule has 12 heavy (non-hydrogen) atoms. The Morgan fingerprint density at radius 2 is 2.33 bits per heavy atom. The quantitative estimate of drug-likeness (QED) is 0.539. The lowest BCUT2D eigenvalue weighted by Gasteiger charge is -2.00. The summed E-state index contributed by atoms with van der Waals surface area (Å²) in [4.78, 5) is 3.26. The van der Waals surface area contributed by atoms with Crippen LogP contribution >= 0.6 is 0 Å². The van der Waals surface area contributed by atoms with Gasteiger partial charge in [0.2, 0.25) is 0 Å². The molecule has 0 spiro atoms. The molecule has 0 saturated heterocycles. The molecular weight excluding hydrogens is 148 g/mol. The predicted octanol–water partition coefficient (Wildman–Crippen LogP) is 2.46. The van der Waals surface area contributed by atoms with Gasteiger partial charge in [0.15, 0.2) is 6.07 Å². The maximum Gasteiger partial charge on any atom is 0.332 e. The molecule has 0 aromatic carbocycles. The van der Waals surface area contributed by atoms with Crippen molar-refractivity contribution in [3.05, 3.63) is 34.7 Å². The summed E-state index contributed by atoms with van der Waals surface area (Å²) >= 11 is 0. The fraction of sp³-hybridized carbons (Fsp3) is 0.400. The maximum absolute atomic E-state index is 8.68. The van der Waals surface area contributed by atoms with Gasteiger partial charge in [-0.2, -0.15) is 5.26 Å². The predicted molar refractivity (Wildman–Crippen MR) is 47.1 cm³/mol. The van der Waals surface area contributed by atoms with Gasteiger partial charge in [0.1, 0.15) is 0 Å². The molecule has 1 aliphatic carbocycles. The third-order valence-electron chi connectivity index (χ3n) is 2.17. The molecule has 0 fully saturated rings. The molecule has 1 unspecified atom stereocenters. The fourth-order valence-electron chi connectivity index (χ4n) is 1.49. The van der Waals surface area contributed by atoms with Crippen molar-refractivity contribution in [2.75, 3.05) is 0 Å². The maximum atomic E-state index is 8.68. The Morgan fingerprint density at radius 1 is 1.67 bits per heavy atom. The van der Waals surface area contributed by atoms with Gasteiger partial charge in [-0.25, -0.2) is 6.57 Å². The second kappa shape index (κ2) is 3.24. The van der Waals surface area contributed by atoms with Gasteiger partial charge in [-0.1, -0.05) is 12.2 Å². The highest BCUT2D eigenvalue weighted by Crippen LogP contribution is 2.32. The van der Waals surface area contributed by atoms with E-state index in [1.54, 1.807) is 0 Å². The second-order valence-corrected chi connectivity index (χ2v) is 2.96. The summed E-state index contributed by atoms with van der Waals surface area (Å²) < 4.78 is 0. The number of rotatable bonds is 1. The summed E-state index contributed by atoms with van der Waals surface area (Å²) in [5.74, 6) is 0. The van der Waals surface area contributed by atoms with E-state index in [2.05, 4.69) is 11.4 Å². The zero-order chi connectivity index (χ0) is 9.14. The standard InChI is InChI=1S/C10H10N2/c1-7-4-5-8(2)10(7)9(6-11)12-3/h9H,1,4-5H2,2H3. The number of allylic oxidation sites excluding steroid dienone is 1. The van der Waals surface area contributed by atoms with E-state index in [9.17, 15) is 0 Å². The molecule has 0 bridgehead atoms. The highest BCUT2D eigenvalue weighted by atomic mass is 14.7. The van der Waals surface area contributed by atoms with Crippen LogP contribution < -0.4 is 0 Å². The van der Waals surface area contributed by atoms with E-state index in [-0.39, 0.29) is 0 Å². The Bertz CT molecular complexity index is 309. The van der Waals surface area contributed by atoms with Gasteiger partial charge in [0.05, 0.1) is 5.57 Å². The first-order chi connectivity index (χ1) is 5.70. The van der Waals surface area contributed by atoms with Crippen molar-refractivity contribution in [1.29, 1.82) is 5.26 Å². The highest BCUT2D eigenvalue weighted by Gasteiger charge is 2.26. The van der Waals surface area contributed by atoms with Crippen LogP contribution in [0.3, 0.4) is 0 Å². The van der Waals surface area contributed by atoms with E-state index < -0.39 is 6.04 Å². The molecule has 0 radical (unpaired) electrons. The minimum Gasteiger partial charge on any atom is -0.292 e. The fourth-order valence-corrected chi connectivity index (χ4v) is 1.49. The topological polar surface area (TPSA) is 28.1 Å². The number of hydrogen-bond donors (Lipinski definition) is 0. The second-order valence-electron chi connectivity index (χ2n) is 2.96. The number of hydrogen-bond acceptors (Lipinski definition) is 1. The van der Waals surface area contributed by atoms with Crippen molar-refractivity contribution >= 4 is 0 Å². The van der Waals surface area contributed by atoms with Gasteiger partial charge in [0.25, 0.3) is 0 Å². The summed E-state index contributed by atoms with van der Waals surface area (Å²) in [5, 5.41) is 8.68. The molecule has 1 aliphatic rings. The number of nitriles is 1. The molecule has 0 heterocycles. The molecule has 1 rings (SSSR count). The van der Waals surface area contributed by atoms with E-state index in [1.807, 2.05) is 13.0 Å². The van der Waals surface area contributed by atoms with Gasteiger partial charge >= 0.3 is 6.04 Å². The van der Waals surface area contributed by atoms with Crippen molar-refractivity contribution in [3.8, 4) is 6.07 Å². The third-order valence-corrected chi connectivity index (χ3v) is 2.17. The molecule has 2 heteroatoms. The Kier molecular flexibility index (Phi) is 2.31. The Labute approximate surface area is 72.6 Å². The molecule has 0 amide bonds. The van der Waals surface area contributed by atoms with Crippen molar-refractivity contribution in [1.82, 2.24) is 0 Å². The van der Waals surface area contributed by atoms with E-state index in [4.69, 9.17) is 11.8 Å². The molecule has 0 saturated carbocycles. The van der Waals surface area contributed by atoms with Gasteiger partial charge in [0, 0.05) is 0 Å².